The van der Waals surface area contributed by atoms with Crippen LogP contribution in [0.4, 0.5) is 0 Å². The zero-order valence-corrected chi connectivity index (χ0v) is 16.3. The average Bonchev–Trinajstić information content (AvgIpc) is 2.85. The van der Waals surface area contributed by atoms with Crippen LogP contribution in [-0.4, -0.2) is 81.7 Å². The van der Waals surface area contributed by atoms with Crippen molar-refractivity contribution >= 4 is 17.5 Å². The third-order valence-corrected chi connectivity index (χ3v) is 6.27. The van der Waals surface area contributed by atoms with Crippen LogP contribution in [-0.2, 0) is 4.79 Å². The van der Waals surface area contributed by atoms with Crippen molar-refractivity contribution in [3.63, 3.8) is 0 Å². The normalized spacial score (nSPS) is 24.0. The van der Waals surface area contributed by atoms with E-state index in [4.69, 9.17) is 0 Å². The van der Waals surface area contributed by atoms with Crippen LogP contribution in [0.5, 0.6) is 0 Å². The molecule has 1 spiro atoms. The number of amides is 2. The van der Waals surface area contributed by atoms with E-state index < -0.39 is 0 Å². The van der Waals surface area contributed by atoms with Gasteiger partial charge in [-0.1, -0.05) is 6.07 Å². The summed E-state index contributed by atoms with van der Waals surface area (Å²) in [6.07, 6.45) is 5.01. The first-order valence-electron chi connectivity index (χ1n) is 9.62. The van der Waals surface area contributed by atoms with E-state index in [1.807, 2.05) is 7.05 Å². The molecule has 0 bridgehead atoms. The Kier molecular flexibility index (Phi) is 4.66. The Labute approximate surface area is 163 Å². The Morgan fingerprint density at radius 2 is 1.93 bits per heavy atom. The van der Waals surface area contributed by atoms with E-state index in [0.29, 0.717) is 44.7 Å². The molecule has 0 aromatic carbocycles. The summed E-state index contributed by atoms with van der Waals surface area (Å²) in [4.78, 5) is 48.2. The molecule has 2 fully saturated rings. The van der Waals surface area contributed by atoms with Crippen LogP contribution >= 0.6 is 0 Å². The second-order valence-corrected chi connectivity index (χ2v) is 7.84. The molecule has 0 radical (unpaired) electrons. The van der Waals surface area contributed by atoms with Gasteiger partial charge in [0.05, 0.1) is 0 Å². The smallest absolute Gasteiger partial charge is 0.270 e. The number of nitrogens with zero attached hydrogens (tertiary/aromatic N) is 5. The number of likely N-dealkylation sites (tertiary alicyclic amines) is 1. The highest BCUT2D eigenvalue weighted by Gasteiger charge is 2.43. The molecule has 8 heteroatoms. The molecule has 0 N–H and O–H groups in total. The van der Waals surface area contributed by atoms with Crippen molar-refractivity contribution in [2.45, 2.75) is 24.8 Å². The summed E-state index contributed by atoms with van der Waals surface area (Å²) in [5.41, 5.74) is 0.0169. The van der Waals surface area contributed by atoms with E-state index in [2.05, 4.69) is 16.9 Å². The molecule has 0 aliphatic carbocycles. The minimum Gasteiger partial charge on any atom is -0.346 e. The predicted molar refractivity (Wildman–Crippen MR) is 104 cm³/mol. The van der Waals surface area contributed by atoms with Crippen LogP contribution in [0.3, 0.4) is 0 Å². The summed E-state index contributed by atoms with van der Waals surface area (Å²) < 4.78 is 1.40. The van der Waals surface area contributed by atoms with Crippen molar-refractivity contribution in [3.8, 4) is 0 Å². The SMILES string of the molecule is CN1CC[C@@]2(CCC1=O)CN(C(=O)c1cnc3ccccn3c1=O)CCN2C. The van der Waals surface area contributed by atoms with E-state index in [1.165, 1.54) is 10.6 Å². The maximum Gasteiger partial charge on any atom is 0.270 e. The Morgan fingerprint density at radius 1 is 1.11 bits per heavy atom. The molecule has 1 atom stereocenters. The molecule has 2 aromatic rings. The van der Waals surface area contributed by atoms with Gasteiger partial charge in [-0.2, -0.15) is 0 Å². The molecule has 8 nitrogen and oxygen atoms in total. The fourth-order valence-corrected chi connectivity index (χ4v) is 4.28. The van der Waals surface area contributed by atoms with Crippen LogP contribution in [0.2, 0.25) is 0 Å². The Morgan fingerprint density at radius 3 is 2.75 bits per heavy atom. The van der Waals surface area contributed by atoms with Gasteiger partial charge in [0.2, 0.25) is 5.91 Å². The number of pyridine rings is 1. The minimum atomic E-state index is -0.348. The maximum atomic E-state index is 13.2. The summed E-state index contributed by atoms with van der Waals surface area (Å²) in [6, 6.07) is 5.28. The van der Waals surface area contributed by atoms with E-state index >= 15 is 0 Å². The largest absolute Gasteiger partial charge is 0.346 e. The summed E-state index contributed by atoms with van der Waals surface area (Å²) in [5, 5.41) is 0. The molecule has 28 heavy (non-hydrogen) atoms. The summed E-state index contributed by atoms with van der Waals surface area (Å²) in [5.74, 6) is -0.141. The molecule has 2 saturated heterocycles. The third-order valence-electron chi connectivity index (χ3n) is 6.27. The van der Waals surface area contributed by atoms with Crippen molar-refractivity contribution in [1.82, 2.24) is 24.1 Å². The molecule has 4 rings (SSSR count). The lowest BCUT2D eigenvalue weighted by molar-refractivity contribution is -0.129. The average molecular weight is 383 g/mol. The first-order valence-corrected chi connectivity index (χ1v) is 9.62. The quantitative estimate of drug-likeness (QED) is 0.715. The van der Waals surface area contributed by atoms with Crippen LogP contribution in [0, 0.1) is 0 Å². The van der Waals surface area contributed by atoms with Gasteiger partial charge in [-0.05, 0) is 32.0 Å². The third kappa shape index (κ3) is 3.07. The number of carbonyl (C=O) groups excluding carboxylic acids is 2. The second kappa shape index (κ2) is 7.01. The van der Waals surface area contributed by atoms with Crippen molar-refractivity contribution in [3.05, 3.63) is 46.5 Å². The van der Waals surface area contributed by atoms with Gasteiger partial charge in [-0.15, -0.1) is 0 Å². The number of aromatic nitrogens is 2. The molecule has 0 saturated carbocycles. The lowest BCUT2D eigenvalue weighted by Crippen LogP contribution is -2.62. The first kappa shape index (κ1) is 18.6. The molecular weight excluding hydrogens is 358 g/mol. The summed E-state index contributed by atoms with van der Waals surface area (Å²) >= 11 is 0. The van der Waals surface area contributed by atoms with E-state index in [0.717, 1.165) is 6.42 Å². The molecule has 0 unspecified atom stereocenters. The van der Waals surface area contributed by atoms with Gasteiger partial charge in [0.25, 0.3) is 11.5 Å². The summed E-state index contributed by atoms with van der Waals surface area (Å²) in [6.45, 7) is 2.45. The first-order chi connectivity index (χ1) is 13.4. The fraction of sp³-hybridized carbons (Fsp3) is 0.500. The van der Waals surface area contributed by atoms with Gasteiger partial charge >= 0.3 is 0 Å². The van der Waals surface area contributed by atoms with E-state index in [-0.39, 0.29) is 28.5 Å². The number of likely N-dealkylation sites (N-methyl/N-ethyl adjacent to an activating group) is 1. The topological polar surface area (TPSA) is 78.2 Å². The lowest BCUT2D eigenvalue weighted by atomic mass is 9.86. The Hall–Kier alpha value is -2.74. The zero-order valence-electron chi connectivity index (χ0n) is 16.3. The van der Waals surface area contributed by atoms with Gasteiger partial charge in [-0.3, -0.25) is 23.7 Å². The molecular formula is C20H25N5O3. The lowest BCUT2D eigenvalue weighted by Gasteiger charge is -2.49. The summed E-state index contributed by atoms with van der Waals surface area (Å²) in [7, 11) is 3.89. The van der Waals surface area contributed by atoms with Gasteiger partial charge < -0.3 is 9.80 Å². The maximum absolute atomic E-state index is 13.2. The van der Waals surface area contributed by atoms with E-state index in [9.17, 15) is 14.4 Å². The molecule has 4 heterocycles. The fourth-order valence-electron chi connectivity index (χ4n) is 4.28. The van der Waals surface area contributed by atoms with Gasteiger partial charge in [0.15, 0.2) is 0 Å². The molecule has 2 aliphatic heterocycles. The van der Waals surface area contributed by atoms with Crippen molar-refractivity contribution < 1.29 is 9.59 Å². The van der Waals surface area contributed by atoms with Gasteiger partial charge in [0, 0.05) is 57.6 Å². The zero-order chi connectivity index (χ0) is 19.9. The van der Waals surface area contributed by atoms with Crippen LogP contribution in [0.1, 0.15) is 29.6 Å². The molecule has 2 aromatic heterocycles. The van der Waals surface area contributed by atoms with Crippen LogP contribution < -0.4 is 5.56 Å². The highest BCUT2D eigenvalue weighted by atomic mass is 16.2. The number of hydrogen-bond donors (Lipinski definition) is 0. The van der Waals surface area contributed by atoms with E-state index in [1.54, 1.807) is 34.2 Å². The number of piperazine rings is 1. The Bertz CT molecular complexity index is 987. The standard InChI is InChI=1S/C20H25N5O3/c1-22-10-8-20(7-6-17(22)26)14-24(12-11-23(20)2)18(27)15-13-21-16-5-3-4-9-25(16)19(15)28/h3-5,9,13H,6-8,10-12,14H2,1-2H3/t20-/m0/s1. The van der Waals surface area contributed by atoms with Crippen molar-refractivity contribution in [2.24, 2.45) is 0 Å². The number of fused-ring (bicyclic) bond motifs is 1. The highest BCUT2D eigenvalue weighted by Crippen LogP contribution is 2.32. The number of rotatable bonds is 1. The van der Waals surface area contributed by atoms with Crippen LogP contribution in [0.25, 0.3) is 5.65 Å². The number of carbonyl (C=O) groups is 2. The minimum absolute atomic E-state index is 0.0882. The molecule has 148 valence electrons. The van der Waals surface area contributed by atoms with Crippen molar-refractivity contribution in [2.75, 3.05) is 40.3 Å². The van der Waals surface area contributed by atoms with Crippen molar-refractivity contribution in [1.29, 1.82) is 0 Å². The van der Waals surface area contributed by atoms with Crippen LogP contribution in [0.15, 0.2) is 35.4 Å². The second-order valence-electron chi connectivity index (χ2n) is 7.84. The van der Waals surface area contributed by atoms with Gasteiger partial charge in [0.1, 0.15) is 11.2 Å². The highest BCUT2D eigenvalue weighted by molar-refractivity contribution is 5.94. The predicted octanol–water partition coefficient (Wildman–Crippen LogP) is 0.463. The Balaban J connectivity index is 1.63. The monoisotopic (exact) mass is 383 g/mol. The molecule has 2 amide bonds. The number of hydrogen-bond acceptors (Lipinski definition) is 5. The molecule has 2 aliphatic rings. The van der Waals surface area contributed by atoms with Gasteiger partial charge in [-0.25, -0.2) is 4.98 Å².